The van der Waals surface area contributed by atoms with Gasteiger partial charge in [-0.1, -0.05) is 12.1 Å². The molecule has 0 saturated carbocycles. The van der Waals surface area contributed by atoms with Crippen LogP contribution in [0.4, 0.5) is 5.69 Å². The predicted molar refractivity (Wildman–Crippen MR) is 128 cm³/mol. The SMILES string of the molecule is S=C1NC(c2ccccn2)C(c2cccn2Cc2ccccn2)N1c1ccc2c(c1)OCO2. The van der Waals surface area contributed by atoms with Gasteiger partial charge in [-0.25, -0.2) is 0 Å². The first-order valence-electron chi connectivity index (χ1n) is 10.7. The molecular formula is C25H21N5O2S. The summed E-state index contributed by atoms with van der Waals surface area (Å²) in [4.78, 5) is 11.3. The lowest BCUT2D eigenvalue weighted by Crippen LogP contribution is -2.30. The second-order valence-corrected chi connectivity index (χ2v) is 8.30. The Labute approximate surface area is 196 Å². The average Bonchev–Trinajstić information content (AvgIpc) is 3.58. The molecule has 164 valence electrons. The molecule has 0 amide bonds. The molecule has 0 spiro atoms. The van der Waals surface area contributed by atoms with Gasteiger partial charge in [-0.05, 0) is 60.7 Å². The first kappa shape index (κ1) is 19.8. The third kappa shape index (κ3) is 3.58. The summed E-state index contributed by atoms with van der Waals surface area (Å²) in [6, 6.07) is 21.8. The molecule has 33 heavy (non-hydrogen) atoms. The standard InChI is InChI=1S/C25H21N5O2S/c33-25-28-23(19-7-2-4-12-27-19)24(30(25)18-9-10-21-22(14-18)32-16-31-21)20-8-5-13-29(20)15-17-6-1-3-11-26-17/h1-14,23-24H,15-16H2,(H,28,33). The third-order valence-corrected chi connectivity index (χ3v) is 6.27. The Morgan fingerprint density at radius 3 is 2.61 bits per heavy atom. The van der Waals surface area contributed by atoms with E-state index >= 15 is 0 Å². The molecule has 7 nitrogen and oxygen atoms in total. The van der Waals surface area contributed by atoms with E-state index in [2.05, 4.69) is 43.1 Å². The number of nitrogens with zero attached hydrogens (tertiary/aromatic N) is 4. The van der Waals surface area contributed by atoms with Crippen LogP contribution in [-0.2, 0) is 6.54 Å². The van der Waals surface area contributed by atoms with Crippen LogP contribution in [0.1, 0.15) is 29.2 Å². The second-order valence-electron chi connectivity index (χ2n) is 7.92. The second kappa shape index (κ2) is 8.22. The number of thiocarbonyl (C=S) groups is 1. The number of hydrogen-bond acceptors (Lipinski definition) is 5. The molecule has 2 unspecified atom stereocenters. The number of rotatable bonds is 5. The van der Waals surface area contributed by atoms with Crippen LogP contribution in [-0.4, -0.2) is 26.4 Å². The van der Waals surface area contributed by atoms with E-state index in [9.17, 15) is 0 Å². The van der Waals surface area contributed by atoms with Gasteiger partial charge in [0.1, 0.15) is 6.04 Å². The molecule has 5 heterocycles. The zero-order valence-electron chi connectivity index (χ0n) is 17.7. The zero-order valence-corrected chi connectivity index (χ0v) is 18.5. The molecule has 2 atom stereocenters. The number of nitrogens with one attached hydrogen (secondary N) is 1. The number of ether oxygens (including phenoxy) is 2. The van der Waals surface area contributed by atoms with E-state index in [1.165, 1.54) is 0 Å². The van der Waals surface area contributed by atoms with Crippen molar-refractivity contribution < 1.29 is 9.47 Å². The van der Waals surface area contributed by atoms with Crippen LogP contribution >= 0.6 is 12.2 Å². The lowest BCUT2D eigenvalue weighted by Gasteiger charge is -2.29. The smallest absolute Gasteiger partial charge is 0.231 e. The fourth-order valence-corrected chi connectivity index (χ4v) is 4.82. The largest absolute Gasteiger partial charge is 0.454 e. The van der Waals surface area contributed by atoms with Crippen LogP contribution in [0.15, 0.2) is 85.3 Å². The highest BCUT2D eigenvalue weighted by Crippen LogP contribution is 2.44. The van der Waals surface area contributed by atoms with Gasteiger partial charge in [-0.2, -0.15) is 0 Å². The van der Waals surface area contributed by atoms with Gasteiger partial charge in [-0.3, -0.25) is 9.97 Å². The number of benzene rings is 1. The number of hydrogen-bond donors (Lipinski definition) is 1. The maximum Gasteiger partial charge on any atom is 0.231 e. The highest BCUT2D eigenvalue weighted by atomic mass is 32.1. The van der Waals surface area contributed by atoms with Crippen LogP contribution in [0.25, 0.3) is 0 Å². The normalized spacial score (nSPS) is 19.0. The molecule has 3 aromatic heterocycles. The van der Waals surface area contributed by atoms with Crippen molar-refractivity contribution in [1.82, 2.24) is 19.9 Å². The summed E-state index contributed by atoms with van der Waals surface area (Å²) in [5, 5.41) is 4.15. The molecule has 0 radical (unpaired) electrons. The van der Waals surface area contributed by atoms with Gasteiger partial charge >= 0.3 is 0 Å². The first-order chi connectivity index (χ1) is 16.3. The predicted octanol–water partition coefficient (Wildman–Crippen LogP) is 4.23. The molecule has 1 N–H and O–H groups in total. The summed E-state index contributed by atoms with van der Waals surface area (Å²) in [5.41, 5.74) is 3.97. The Morgan fingerprint density at radius 1 is 0.939 bits per heavy atom. The van der Waals surface area contributed by atoms with E-state index in [1.807, 2.05) is 67.0 Å². The zero-order chi connectivity index (χ0) is 22.2. The fourth-order valence-electron chi connectivity index (χ4n) is 4.47. The Morgan fingerprint density at radius 2 is 1.79 bits per heavy atom. The number of aromatic nitrogens is 3. The molecule has 0 aliphatic carbocycles. The highest BCUT2D eigenvalue weighted by Gasteiger charge is 2.42. The minimum Gasteiger partial charge on any atom is -0.454 e. The van der Waals surface area contributed by atoms with E-state index in [0.717, 1.165) is 34.3 Å². The van der Waals surface area contributed by atoms with Crippen molar-refractivity contribution in [2.75, 3.05) is 11.7 Å². The summed E-state index contributed by atoms with van der Waals surface area (Å²) >= 11 is 5.84. The Kier molecular flexibility index (Phi) is 4.92. The summed E-state index contributed by atoms with van der Waals surface area (Å²) in [7, 11) is 0. The number of anilines is 1. The lowest BCUT2D eigenvalue weighted by molar-refractivity contribution is 0.174. The monoisotopic (exact) mass is 455 g/mol. The van der Waals surface area contributed by atoms with Gasteiger partial charge in [0.15, 0.2) is 16.6 Å². The summed E-state index contributed by atoms with van der Waals surface area (Å²) < 4.78 is 13.4. The van der Waals surface area contributed by atoms with Crippen molar-refractivity contribution in [3.05, 3.63) is 102 Å². The van der Waals surface area contributed by atoms with Gasteiger partial charge in [0, 0.05) is 36.0 Å². The summed E-state index contributed by atoms with van der Waals surface area (Å²) in [6.45, 7) is 0.894. The highest BCUT2D eigenvalue weighted by molar-refractivity contribution is 7.80. The molecule has 1 saturated heterocycles. The van der Waals surface area contributed by atoms with Gasteiger partial charge in [0.25, 0.3) is 0 Å². The maximum absolute atomic E-state index is 5.84. The van der Waals surface area contributed by atoms with Gasteiger partial charge in [0.05, 0.1) is 24.0 Å². The van der Waals surface area contributed by atoms with Crippen molar-refractivity contribution in [1.29, 1.82) is 0 Å². The Hall–Kier alpha value is -3.91. The van der Waals surface area contributed by atoms with Crippen molar-refractivity contribution in [3.63, 3.8) is 0 Å². The molecule has 1 aromatic carbocycles. The molecule has 8 heteroatoms. The molecule has 1 fully saturated rings. The quantitative estimate of drug-likeness (QED) is 0.452. The summed E-state index contributed by atoms with van der Waals surface area (Å²) in [6.07, 6.45) is 5.71. The maximum atomic E-state index is 5.84. The lowest BCUT2D eigenvalue weighted by atomic mass is 10.0. The topological polar surface area (TPSA) is 64.4 Å². The van der Waals surface area contributed by atoms with Crippen LogP contribution in [0.2, 0.25) is 0 Å². The molecular weight excluding hydrogens is 434 g/mol. The molecule has 6 rings (SSSR count). The number of pyridine rings is 2. The summed E-state index contributed by atoms with van der Waals surface area (Å²) in [5.74, 6) is 1.47. The minimum atomic E-state index is -0.124. The number of fused-ring (bicyclic) bond motifs is 1. The van der Waals surface area contributed by atoms with Crippen molar-refractivity contribution >= 4 is 23.0 Å². The van der Waals surface area contributed by atoms with Gasteiger partial charge in [-0.15, -0.1) is 0 Å². The van der Waals surface area contributed by atoms with Crippen molar-refractivity contribution in [2.45, 2.75) is 18.6 Å². The van der Waals surface area contributed by atoms with E-state index in [0.29, 0.717) is 11.7 Å². The van der Waals surface area contributed by atoms with Crippen molar-refractivity contribution in [2.24, 2.45) is 0 Å². The fraction of sp³-hybridized carbons (Fsp3) is 0.160. The van der Waals surface area contributed by atoms with Crippen LogP contribution in [0, 0.1) is 0 Å². The van der Waals surface area contributed by atoms with Gasteiger partial charge < -0.3 is 24.3 Å². The molecule has 4 aromatic rings. The van der Waals surface area contributed by atoms with E-state index < -0.39 is 0 Å². The molecule has 2 aliphatic rings. The third-order valence-electron chi connectivity index (χ3n) is 5.96. The Bertz CT molecular complexity index is 1290. The average molecular weight is 456 g/mol. The van der Waals surface area contributed by atoms with E-state index in [1.54, 1.807) is 0 Å². The molecule has 2 aliphatic heterocycles. The Balaban J connectivity index is 1.45. The van der Waals surface area contributed by atoms with Crippen LogP contribution in [0.3, 0.4) is 0 Å². The molecule has 0 bridgehead atoms. The van der Waals surface area contributed by atoms with Gasteiger partial charge in [0.2, 0.25) is 6.79 Å². The first-order valence-corrected chi connectivity index (χ1v) is 11.1. The minimum absolute atomic E-state index is 0.119. The van der Waals surface area contributed by atoms with E-state index in [-0.39, 0.29) is 18.9 Å². The van der Waals surface area contributed by atoms with Crippen LogP contribution in [0.5, 0.6) is 11.5 Å². The van der Waals surface area contributed by atoms with Crippen LogP contribution < -0.4 is 19.7 Å². The van der Waals surface area contributed by atoms with E-state index in [4.69, 9.17) is 21.7 Å². The van der Waals surface area contributed by atoms with Crippen molar-refractivity contribution in [3.8, 4) is 11.5 Å².